The number of ether oxygens (including phenoxy) is 1. The van der Waals surface area contributed by atoms with E-state index in [9.17, 15) is 9.90 Å². The predicted molar refractivity (Wildman–Crippen MR) is 174 cm³/mol. The van der Waals surface area contributed by atoms with Gasteiger partial charge < -0.3 is 20.5 Å². The van der Waals surface area contributed by atoms with Crippen molar-refractivity contribution in [3.8, 4) is 16.9 Å². The summed E-state index contributed by atoms with van der Waals surface area (Å²) in [6, 6.07) is 21.2. The second-order valence-corrected chi connectivity index (χ2v) is 11.2. The van der Waals surface area contributed by atoms with Crippen molar-refractivity contribution in [3.63, 3.8) is 0 Å². The van der Waals surface area contributed by atoms with Crippen LogP contribution in [-0.4, -0.2) is 69.8 Å². The van der Waals surface area contributed by atoms with Crippen LogP contribution >= 0.6 is 0 Å². The lowest BCUT2D eigenvalue weighted by molar-refractivity contribution is -0.138. The number of hydrogen-bond donors (Lipinski definition) is 3. The lowest BCUT2D eigenvalue weighted by Crippen LogP contribution is -2.37. The van der Waals surface area contributed by atoms with Gasteiger partial charge in [0.25, 0.3) is 0 Å². The molecule has 230 valence electrons. The zero-order valence-corrected chi connectivity index (χ0v) is 25.4. The largest absolute Gasteiger partial charge is 0.490 e. The molecule has 5 rings (SSSR count). The molecule has 44 heavy (non-hydrogen) atoms. The molecule has 9 nitrogen and oxygen atoms in total. The van der Waals surface area contributed by atoms with Crippen LogP contribution in [0.2, 0.25) is 0 Å². The minimum Gasteiger partial charge on any atom is -0.490 e. The first-order valence-electron chi connectivity index (χ1n) is 15.6. The van der Waals surface area contributed by atoms with E-state index in [1.807, 2.05) is 61.5 Å². The molecule has 0 amide bonds. The van der Waals surface area contributed by atoms with E-state index in [0.29, 0.717) is 31.9 Å². The Morgan fingerprint density at radius 1 is 1.00 bits per heavy atom. The third-order valence-corrected chi connectivity index (χ3v) is 7.95. The van der Waals surface area contributed by atoms with Crippen molar-refractivity contribution in [2.45, 2.75) is 51.5 Å². The Morgan fingerprint density at radius 2 is 1.89 bits per heavy atom. The highest BCUT2D eigenvalue weighted by molar-refractivity contribution is 5.77. The summed E-state index contributed by atoms with van der Waals surface area (Å²) in [5, 5.41) is 16.6. The van der Waals surface area contributed by atoms with Crippen molar-refractivity contribution in [1.82, 2.24) is 19.9 Å². The number of carboxylic acid groups (broad SMARTS) is 1. The van der Waals surface area contributed by atoms with Gasteiger partial charge in [0.05, 0.1) is 5.69 Å². The molecular formula is C35H42N6O3. The third-order valence-electron chi connectivity index (χ3n) is 7.95. The molecule has 1 unspecified atom stereocenters. The molecule has 0 spiro atoms. The number of rotatable bonds is 16. The summed E-state index contributed by atoms with van der Waals surface area (Å²) in [7, 11) is 0. The van der Waals surface area contributed by atoms with Gasteiger partial charge in [-0.25, -0.2) is 14.8 Å². The molecule has 1 aliphatic rings. The topological polar surface area (TPSA) is 113 Å². The second kappa shape index (κ2) is 15.8. The van der Waals surface area contributed by atoms with E-state index in [1.165, 1.54) is 5.56 Å². The van der Waals surface area contributed by atoms with Gasteiger partial charge in [-0.1, -0.05) is 36.4 Å². The number of aryl methyl sites for hydroxylation is 3. The van der Waals surface area contributed by atoms with Crippen molar-refractivity contribution in [2.75, 3.05) is 43.4 Å². The lowest BCUT2D eigenvalue weighted by atomic mass is 10.1. The number of nitrogens with one attached hydrogen (secondary N) is 2. The van der Waals surface area contributed by atoms with Crippen LogP contribution in [-0.2, 0) is 17.6 Å². The number of carboxylic acids is 1. The van der Waals surface area contributed by atoms with Crippen LogP contribution in [0.4, 0.5) is 11.6 Å². The predicted octanol–water partition coefficient (Wildman–Crippen LogP) is 5.86. The Morgan fingerprint density at radius 3 is 2.73 bits per heavy atom. The number of benzene rings is 1. The summed E-state index contributed by atoms with van der Waals surface area (Å²) in [6.07, 6.45) is 9.03. The highest BCUT2D eigenvalue weighted by Crippen LogP contribution is 2.22. The molecule has 3 N–H and O–H groups in total. The van der Waals surface area contributed by atoms with Crippen LogP contribution in [0.15, 0.2) is 79.1 Å². The summed E-state index contributed by atoms with van der Waals surface area (Å²) in [5.41, 5.74) is 5.31. The molecule has 0 bridgehead atoms. The van der Waals surface area contributed by atoms with Crippen LogP contribution in [0.3, 0.4) is 0 Å². The minimum atomic E-state index is -0.897. The summed E-state index contributed by atoms with van der Waals surface area (Å²) in [5.74, 6) is 1.46. The van der Waals surface area contributed by atoms with Crippen LogP contribution in [0.1, 0.15) is 42.6 Å². The molecule has 0 saturated carbocycles. The van der Waals surface area contributed by atoms with Gasteiger partial charge in [0, 0.05) is 37.7 Å². The first-order chi connectivity index (χ1) is 21.5. The van der Waals surface area contributed by atoms with Crippen LogP contribution in [0.5, 0.6) is 5.75 Å². The molecule has 4 heterocycles. The molecule has 9 heteroatoms. The second-order valence-electron chi connectivity index (χ2n) is 11.2. The number of anilines is 2. The maximum atomic E-state index is 12.3. The van der Waals surface area contributed by atoms with Gasteiger partial charge in [-0.05, 0) is 99.0 Å². The molecule has 1 aromatic carbocycles. The first kappa shape index (κ1) is 30.9. The molecule has 0 saturated heterocycles. The summed E-state index contributed by atoms with van der Waals surface area (Å²) >= 11 is 0. The van der Waals surface area contributed by atoms with Crippen LogP contribution in [0.25, 0.3) is 11.1 Å². The van der Waals surface area contributed by atoms with Crippen LogP contribution < -0.4 is 15.4 Å². The van der Waals surface area contributed by atoms with Crippen molar-refractivity contribution in [1.29, 1.82) is 0 Å². The first-order valence-corrected chi connectivity index (χ1v) is 15.6. The zero-order chi connectivity index (χ0) is 30.6. The zero-order valence-electron chi connectivity index (χ0n) is 25.4. The quantitative estimate of drug-likeness (QED) is 0.137. The molecular weight excluding hydrogens is 552 g/mol. The fourth-order valence-corrected chi connectivity index (χ4v) is 5.46. The number of pyridine rings is 3. The van der Waals surface area contributed by atoms with E-state index in [-0.39, 0.29) is 0 Å². The van der Waals surface area contributed by atoms with Crippen molar-refractivity contribution >= 4 is 17.6 Å². The fraction of sp³-hybridized carbons (Fsp3) is 0.371. The van der Waals surface area contributed by atoms with E-state index in [2.05, 4.69) is 37.6 Å². The van der Waals surface area contributed by atoms with Gasteiger partial charge in [-0.3, -0.25) is 9.88 Å². The van der Waals surface area contributed by atoms with E-state index in [0.717, 1.165) is 79.3 Å². The standard InChI is InChI=1S/C35H42N6O3/c1-26-32(13-8-18-36-26)44-24-23-41(21-6-5-12-30-15-14-28-11-7-19-38-34(28)39-30)22-17-31(35(42)43)40-33-25-29(16-20-37-33)27-9-3-2-4-10-27/h2-4,8-10,13-16,18,20,25,31H,5-7,11-12,17,19,21-24H2,1H3,(H,37,40)(H,38,39)(H,42,43). The molecule has 0 radical (unpaired) electrons. The number of fused-ring (bicyclic) bond motifs is 1. The molecule has 0 fully saturated rings. The lowest BCUT2D eigenvalue weighted by Gasteiger charge is -2.25. The maximum Gasteiger partial charge on any atom is 0.326 e. The van der Waals surface area contributed by atoms with Gasteiger partial charge in [0.2, 0.25) is 0 Å². The smallest absolute Gasteiger partial charge is 0.326 e. The van der Waals surface area contributed by atoms with Crippen molar-refractivity contribution in [3.05, 3.63) is 96.1 Å². The van der Waals surface area contributed by atoms with Crippen molar-refractivity contribution < 1.29 is 14.6 Å². The van der Waals surface area contributed by atoms with Gasteiger partial charge in [-0.2, -0.15) is 0 Å². The number of hydrogen-bond acceptors (Lipinski definition) is 8. The highest BCUT2D eigenvalue weighted by Gasteiger charge is 2.20. The molecule has 1 aliphatic heterocycles. The number of aliphatic carboxylic acids is 1. The number of aromatic nitrogens is 3. The van der Waals surface area contributed by atoms with Gasteiger partial charge in [0.15, 0.2) is 0 Å². The monoisotopic (exact) mass is 594 g/mol. The highest BCUT2D eigenvalue weighted by atomic mass is 16.5. The van der Waals surface area contributed by atoms with E-state index in [4.69, 9.17) is 9.72 Å². The number of carbonyl (C=O) groups is 1. The molecule has 0 aliphatic carbocycles. The summed E-state index contributed by atoms with van der Waals surface area (Å²) in [6.45, 7) is 5.55. The number of unbranched alkanes of at least 4 members (excludes halogenated alkanes) is 1. The van der Waals surface area contributed by atoms with E-state index >= 15 is 0 Å². The Bertz CT molecular complexity index is 1500. The SMILES string of the molecule is Cc1ncccc1OCCN(CCCCc1ccc2c(n1)NCCC2)CCC(Nc1cc(-c2ccccc2)ccn1)C(=O)O. The third kappa shape index (κ3) is 9.00. The Labute approximate surface area is 259 Å². The normalized spacial score (nSPS) is 13.1. The van der Waals surface area contributed by atoms with E-state index < -0.39 is 12.0 Å². The Hall–Kier alpha value is -4.50. The summed E-state index contributed by atoms with van der Waals surface area (Å²) in [4.78, 5) is 28.1. The van der Waals surface area contributed by atoms with E-state index in [1.54, 1.807) is 12.4 Å². The van der Waals surface area contributed by atoms with Gasteiger partial charge in [0.1, 0.15) is 30.0 Å². The van der Waals surface area contributed by atoms with Gasteiger partial charge in [-0.15, -0.1) is 0 Å². The summed E-state index contributed by atoms with van der Waals surface area (Å²) < 4.78 is 6.04. The molecule has 3 aromatic heterocycles. The molecule has 4 aromatic rings. The Kier molecular flexibility index (Phi) is 11.1. The Balaban J connectivity index is 1.17. The molecule has 1 atom stereocenters. The number of nitrogens with zero attached hydrogens (tertiary/aromatic N) is 4. The minimum absolute atomic E-state index is 0.427. The van der Waals surface area contributed by atoms with Crippen molar-refractivity contribution in [2.24, 2.45) is 0 Å². The van der Waals surface area contributed by atoms with Crippen LogP contribution in [0, 0.1) is 6.92 Å². The maximum absolute atomic E-state index is 12.3. The average molecular weight is 595 g/mol. The average Bonchev–Trinajstić information content (AvgIpc) is 3.05. The van der Waals surface area contributed by atoms with Gasteiger partial charge >= 0.3 is 5.97 Å². The fourth-order valence-electron chi connectivity index (χ4n) is 5.46.